The molecule has 2 aromatic rings. The Morgan fingerprint density at radius 3 is 1.88 bits per heavy atom. The predicted molar refractivity (Wildman–Crippen MR) is 86.5 cm³/mol. The molecule has 0 aliphatic carbocycles. The molecule has 17 heavy (non-hydrogen) atoms. The van der Waals surface area contributed by atoms with E-state index in [4.69, 9.17) is 0 Å². The average Bonchev–Trinajstić information content (AvgIpc) is 2.34. The fourth-order valence-corrected chi connectivity index (χ4v) is 1.89. The normalized spacial score (nSPS) is 10.7. The summed E-state index contributed by atoms with van der Waals surface area (Å²) in [5, 5.41) is 8.02. The van der Waals surface area contributed by atoms with Crippen LogP contribution in [0.3, 0.4) is 0 Å². The van der Waals surface area contributed by atoms with Gasteiger partial charge in [0.2, 0.25) is 0 Å². The largest absolute Gasteiger partial charge is 0.260 e. The lowest BCUT2D eigenvalue weighted by atomic mass is 10.3. The van der Waals surface area contributed by atoms with E-state index in [0.717, 1.165) is 11.4 Å². The number of benzene rings is 2. The minimum absolute atomic E-state index is 0.837. The van der Waals surface area contributed by atoms with Crippen LogP contribution in [0.2, 0.25) is 0 Å². The first-order chi connectivity index (χ1) is 8.24. The number of rotatable bonds is 3. The van der Waals surface area contributed by atoms with Gasteiger partial charge in [0.25, 0.3) is 0 Å². The molecule has 0 unspecified atom stereocenters. The molecule has 3 nitrogen and oxygen atoms in total. The van der Waals surface area contributed by atoms with E-state index >= 15 is 0 Å². The van der Waals surface area contributed by atoms with E-state index in [2.05, 4.69) is 60.9 Å². The van der Waals surface area contributed by atoms with Gasteiger partial charge in [-0.3, -0.25) is 5.43 Å². The van der Waals surface area contributed by atoms with E-state index in [1.54, 1.807) is 0 Å². The van der Waals surface area contributed by atoms with Crippen LogP contribution < -0.4 is 5.43 Å². The lowest BCUT2D eigenvalue weighted by Gasteiger charge is -1.98. The highest BCUT2D eigenvalue weighted by Gasteiger charge is 1.91. The summed E-state index contributed by atoms with van der Waals surface area (Å²) in [4.78, 5) is 0. The Bertz CT molecular complexity index is 506. The maximum absolute atomic E-state index is 4.07. The summed E-state index contributed by atoms with van der Waals surface area (Å²) in [6, 6.07) is 15.8. The molecule has 0 aliphatic heterocycles. The molecular weight excluding hydrogens is 440 g/mol. The van der Waals surface area contributed by atoms with E-state index in [9.17, 15) is 0 Å². The van der Waals surface area contributed by atoms with Gasteiger partial charge in [0.15, 0.2) is 0 Å². The third kappa shape index (κ3) is 4.23. The molecule has 0 aromatic heterocycles. The summed E-state index contributed by atoms with van der Waals surface area (Å²) in [7, 11) is 0. The molecule has 0 spiro atoms. The van der Waals surface area contributed by atoms with E-state index in [1.165, 1.54) is 7.14 Å². The second-order valence-corrected chi connectivity index (χ2v) is 5.79. The van der Waals surface area contributed by atoms with Gasteiger partial charge < -0.3 is 0 Å². The Hall–Kier alpha value is -0.700. The van der Waals surface area contributed by atoms with Crippen molar-refractivity contribution >= 4 is 56.6 Å². The number of hydrogen-bond donors (Lipinski definition) is 1. The minimum Gasteiger partial charge on any atom is -0.260 e. The summed E-state index contributed by atoms with van der Waals surface area (Å²) in [6.07, 6.45) is 0. The third-order valence-corrected chi connectivity index (χ3v) is 3.45. The lowest BCUT2D eigenvalue weighted by Crippen LogP contribution is -1.85. The van der Waals surface area contributed by atoms with E-state index in [-0.39, 0.29) is 0 Å². The average molecular weight is 449 g/mol. The molecule has 0 saturated heterocycles. The van der Waals surface area contributed by atoms with Crippen LogP contribution in [0.5, 0.6) is 0 Å². The Labute approximate surface area is 127 Å². The summed E-state index contributed by atoms with van der Waals surface area (Å²) >= 11 is 4.52. The van der Waals surface area contributed by atoms with Crippen LogP contribution in [0.25, 0.3) is 0 Å². The number of hydrogen-bond acceptors (Lipinski definition) is 2. The standard InChI is InChI=1S/C12H9I2N3/c13-9-1-5-11(6-2-9)15-17-16-12-7-3-10(14)4-8-12/h1-8H,(H,15,16). The van der Waals surface area contributed by atoms with Crippen LogP contribution >= 0.6 is 45.2 Å². The second kappa shape index (κ2) is 6.29. The van der Waals surface area contributed by atoms with Crippen LogP contribution in [-0.2, 0) is 0 Å². The van der Waals surface area contributed by atoms with Gasteiger partial charge >= 0.3 is 0 Å². The van der Waals surface area contributed by atoms with E-state index in [1.807, 2.05) is 48.5 Å². The van der Waals surface area contributed by atoms with Crippen molar-refractivity contribution in [3.63, 3.8) is 0 Å². The fraction of sp³-hybridized carbons (Fsp3) is 0. The van der Waals surface area contributed by atoms with Gasteiger partial charge in [0.1, 0.15) is 0 Å². The first-order valence-electron chi connectivity index (χ1n) is 4.92. The molecule has 0 radical (unpaired) electrons. The zero-order valence-corrected chi connectivity index (χ0v) is 13.1. The molecule has 5 heteroatoms. The Balaban J connectivity index is 1.97. The van der Waals surface area contributed by atoms with Crippen molar-refractivity contribution in [1.29, 1.82) is 0 Å². The van der Waals surface area contributed by atoms with Crippen molar-refractivity contribution in [1.82, 2.24) is 0 Å². The Morgan fingerprint density at radius 2 is 1.29 bits per heavy atom. The maximum atomic E-state index is 4.07. The molecular formula is C12H9I2N3. The quantitative estimate of drug-likeness (QED) is 0.400. The molecule has 0 saturated carbocycles. The minimum atomic E-state index is 0.837. The van der Waals surface area contributed by atoms with E-state index in [0.29, 0.717) is 0 Å². The highest BCUT2D eigenvalue weighted by Crippen LogP contribution is 2.15. The lowest BCUT2D eigenvalue weighted by molar-refractivity contribution is 1.13. The van der Waals surface area contributed by atoms with Gasteiger partial charge in [-0.15, -0.1) is 5.11 Å². The molecule has 2 aromatic carbocycles. The first-order valence-corrected chi connectivity index (χ1v) is 7.08. The van der Waals surface area contributed by atoms with E-state index < -0.39 is 0 Å². The smallest absolute Gasteiger partial charge is 0.0875 e. The van der Waals surface area contributed by atoms with Crippen LogP contribution in [0.15, 0.2) is 58.9 Å². The summed E-state index contributed by atoms with van der Waals surface area (Å²) in [5.41, 5.74) is 4.65. The van der Waals surface area contributed by atoms with Crippen molar-refractivity contribution in [2.24, 2.45) is 10.3 Å². The monoisotopic (exact) mass is 449 g/mol. The van der Waals surface area contributed by atoms with Crippen molar-refractivity contribution < 1.29 is 0 Å². The zero-order chi connectivity index (χ0) is 12.1. The number of anilines is 1. The fourth-order valence-electron chi connectivity index (χ4n) is 1.17. The molecule has 0 heterocycles. The molecule has 0 bridgehead atoms. The maximum Gasteiger partial charge on any atom is 0.0875 e. The molecule has 0 atom stereocenters. The van der Waals surface area contributed by atoms with Gasteiger partial charge in [-0.2, -0.15) is 0 Å². The van der Waals surface area contributed by atoms with Gasteiger partial charge in [0, 0.05) is 7.14 Å². The molecule has 0 fully saturated rings. The SMILES string of the molecule is Ic1ccc(/N=N/Nc2ccc(I)cc2)cc1. The van der Waals surface area contributed by atoms with Crippen LogP contribution in [-0.4, -0.2) is 0 Å². The second-order valence-electron chi connectivity index (χ2n) is 3.30. The first kappa shape index (κ1) is 12.7. The molecule has 1 N–H and O–H groups in total. The van der Waals surface area contributed by atoms with Crippen molar-refractivity contribution in [2.45, 2.75) is 0 Å². The Kier molecular flexibility index (Phi) is 4.72. The topological polar surface area (TPSA) is 36.8 Å². The van der Waals surface area contributed by atoms with Crippen LogP contribution in [0.4, 0.5) is 11.4 Å². The number of halogens is 2. The van der Waals surface area contributed by atoms with Gasteiger partial charge in [-0.1, -0.05) is 5.22 Å². The molecule has 0 amide bonds. The molecule has 0 aliphatic rings. The summed E-state index contributed by atoms with van der Waals surface area (Å²) in [6.45, 7) is 0. The highest BCUT2D eigenvalue weighted by atomic mass is 127. The van der Waals surface area contributed by atoms with Gasteiger partial charge in [-0.05, 0) is 93.7 Å². The van der Waals surface area contributed by atoms with Crippen LogP contribution in [0, 0.1) is 7.14 Å². The van der Waals surface area contributed by atoms with Crippen LogP contribution in [0.1, 0.15) is 0 Å². The highest BCUT2D eigenvalue weighted by molar-refractivity contribution is 14.1. The van der Waals surface area contributed by atoms with Crippen molar-refractivity contribution in [2.75, 3.05) is 5.43 Å². The predicted octanol–water partition coefficient (Wildman–Crippen LogP) is 5.01. The van der Waals surface area contributed by atoms with Gasteiger partial charge in [0.05, 0.1) is 11.4 Å². The third-order valence-electron chi connectivity index (χ3n) is 2.02. The van der Waals surface area contributed by atoms with Crippen molar-refractivity contribution in [3.05, 3.63) is 55.7 Å². The number of nitrogens with one attached hydrogen (secondary N) is 1. The summed E-state index contributed by atoms with van der Waals surface area (Å²) in [5.74, 6) is 0. The van der Waals surface area contributed by atoms with Gasteiger partial charge in [-0.25, -0.2) is 0 Å². The zero-order valence-electron chi connectivity index (χ0n) is 8.77. The number of nitrogens with zero attached hydrogens (tertiary/aromatic N) is 2. The van der Waals surface area contributed by atoms with Crippen molar-refractivity contribution in [3.8, 4) is 0 Å². The Morgan fingerprint density at radius 1 is 0.765 bits per heavy atom. The molecule has 2 rings (SSSR count). The molecule has 86 valence electrons. The summed E-state index contributed by atoms with van der Waals surface area (Å²) < 4.78 is 2.38.